The molecule has 1 aromatic rings. The fraction of sp³-hybridized carbons (Fsp3) is 0.222. The average molecular weight is 277 g/mol. The third-order valence-corrected chi connectivity index (χ3v) is 2.07. The summed E-state index contributed by atoms with van der Waals surface area (Å²) in [5.41, 5.74) is -5.14. The van der Waals surface area contributed by atoms with Crippen molar-refractivity contribution in [1.82, 2.24) is 0 Å². The summed E-state index contributed by atoms with van der Waals surface area (Å²) >= 11 is 5.23. The normalized spacial score (nSPS) is 12.6. The number of hydrogen-bond acceptors (Lipinski definition) is 1. The van der Waals surface area contributed by atoms with Gasteiger partial charge in [-0.3, -0.25) is 4.79 Å². The molecule has 94 valence electrons. The molecule has 0 unspecified atom stereocenters. The molecule has 0 spiro atoms. The molecule has 0 saturated carbocycles. The maximum Gasteiger partial charge on any atom is 0.417 e. The van der Waals surface area contributed by atoms with Gasteiger partial charge in [0.25, 0.3) is 0 Å². The first-order valence-corrected chi connectivity index (χ1v) is 4.38. The highest BCUT2D eigenvalue weighted by Gasteiger charge is 2.45. The van der Waals surface area contributed by atoms with Crippen LogP contribution < -0.4 is 0 Å². The molecule has 1 nitrogen and oxygen atoms in total. The number of hydrogen-bond donors (Lipinski definition) is 0. The molecule has 0 radical (unpaired) electrons. The van der Waals surface area contributed by atoms with Gasteiger partial charge < -0.3 is 0 Å². The Bertz CT molecular complexity index is 448. The van der Waals surface area contributed by atoms with Crippen LogP contribution in [0.1, 0.15) is 21.5 Å². The van der Waals surface area contributed by atoms with Crippen molar-refractivity contribution in [3.8, 4) is 0 Å². The van der Waals surface area contributed by atoms with Gasteiger partial charge in [-0.05, 0) is 12.1 Å². The van der Waals surface area contributed by atoms with Gasteiger partial charge in [0.1, 0.15) is 0 Å². The van der Waals surface area contributed by atoms with Crippen LogP contribution in [0, 0.1) is 0 Å². The lowest BCUT2D eigenvalue weighted by atomic mass is 10.0. The number of carbonyl (C=O) groups excluding carboxylic acids is 1. The summed E-state index contributed by atoms with van der Waals surface area (Å²) in [5, 5.41) is -0.590. The Hall–Kier alpha value is -1.24. The summed E-state index contributed by atoms with van der Waals surface area (Å²) in [5.74, 6) is 0. The molecule has 0 bridgehead atoms. The van der Waals surface area contributed by atoms with Crippen molar-refractivity contribution in [2.75, 3.05) is 0 Å². The molecule has 0 aliphatic carbocycles. The number of alkyl halides is 6. The van der Waals surface area contributed by atoms with Gasteiger partial charge in [-0.25, -0.2) is 0 Å². The van der Waals surface area contributed by atoms with Gasteiger partial charge in [-0.1, -0.05) is 11.6 Å². The van der Waals surface area contributed by atoms with Crippen LogP contribution in [0.25, 0.3) is 0 Å². The maximum absolute atomic E-state index is 12.5. The smallest absolute Gasteiger partial charge is 0.298 e. The van der Waals surface area contributed by atoms with Crippen molar-refractivity contribution in [3.63, 3.8) is 0 Å². The molecular weight excluding hydrogens is 274 g/mol. The maximum atomic E-state index is 12.5. The van der Waals surface area contributed by atoms with E-state index in [1.165, 1.54) is 0 Å². The second kappa shape index (κ2) is 4.21. The summed E-state index contributed by atoms with van der Waals surface area (Å²) < 4.78 is 74.6. The molecular formula is C9H3ClF6O. The minimum atomic E-state index is -5.29. The molecule has 0 N–H and O–H groups in total. The molecule has 0 aliphatic heterocycles. The van der Waals surface area contributed by atoms with Crippen LogP contribution in [0.4, 0.5) is 26.3 Å². The van der Waals surface area contributed by atoms with Crippen LogP contribution >= 0.6 is 11.6 Å². The third-order valence-electron chi connectivity index (χ3n) is 1.85. The van der Waals surface area contributed by atoms with Crippen molar-refractivity contribution in [2.24, 2.45) is 0 Å². The van der Waals surface area contributed by atoms with Gasteiger partial charge in [-0.2, -0.15) is 26.3 Å². The monoisotopic (exact) mass is 276 g/mol. The number of aldehydes is 1. The molecule has 0 aliphatic rings. The van der Waals surface area contributed by atoms with Gasteiger partial charge >= 0.3 is 12.4 Å². The van der Waals surface area contributed by atoms with Crippen molar-refractivity contribution < 1.29 is 31.1 Å². The first-order valence-electron chi connectivity index (χ1n) is 4.00. The van der Waals surface area contributed by atoms with E-state index in [-0.39, 0.29) is 12.4 Å². The zero-order valence-electron chi connectivity index (χ0n) is 7.79. The number of rotatable bonds is 1. The Kier molecular flexibility index (Phi) is 3.42. The fourth-order valence-electron chi connectivity index (χ4n) is 1.26. The second-order valence-corrected chi connectivity index (χ2v) is 3.47. The van der Waals surface area contributed by atoms with Gasteiger partial charge in [0, 0.05) is 10.6 Å². The van der Waals surface area contributed by atoms with E-state index in [9.17, 15) is 31.1 Å². The Morgan fingerprint density at radius 2 is 1.53 bits per heavy atom. The first kappa shape index (κ1) is 13.8. The Morgan fingerprint density at radius 3 is 1.88 bits per heavy atom. The van der Waals surface area contributed by atoms with Gasteiger partial charge in [0.2, 0.25) is 0 Å². The lowest BCUT2D eigenvalue weighted by Crippen LogP contribution is -2.19. The summed E-state index contributed by atoms with van der Waals surface area (Å²) in [6.45, 7) is 0. The van der Waals surface area contributed by atoms with Crippen molar-refractivity contribution in [2.45, 2.75) is 12.4 Å². The van der Waals surface area contributed by atoms with E-state index < -0.39 is 34.1 Å². The van der Waals surface area contributed by atoms with Crippen molar-refractivity contribution in [3.05, 3.63) is 33.8 Å². The largest absolute Gasteiger partial charge is 0.417 e. The lowest BCUT2D eigenvalue weighted by molar-refractivity contribution is -0.162. The van der Waals surface area contributed by atoms with Crippen LogP contribution in [-0.4, -0.2) is 6.29 Å². The van der Waals surface area contributed by atoms with Gasteiger partial charge in [0.15, 0.2) is 6.29 Å². The molecule has 0 saturated heterocycles. The summed E-state index contributed by atoms with van der Waals surface area (Å²) in [4.78, 5) is 10.4. The van der Waals surface area contributed by atoms with E-state index in [2.05, 4.69) is 0 Å². The highest BCUT2D eigenvalue weighted by Crippen LogP contribution is 2.42. The summed E-state index contributed by atoms with van der Waals surface area (Å²) in [6, 6.07) is 0.671. The van der Waals surface area contributed by atoms with Crippen molar-refractivity contribution in [1.29, 1.82) is 0 Å². The van der Waals surface area contributed by atoms with Crippen LogP contribution in [0.15, 0.2) is 12.1 Å². The summed E-state index contributed by atoms with van der Waals surface area (Å²) in [6.07, 6.45) is -10.8. The number of carbonyl (C=O) groups is 1. The minimum absolute atomic E-state index is 0.136. The predicted molar refractivity (Wildman–Crippen MR) is 46.8 cm³/mol. The van der Waals surface area contributed by atoms with Gasteiger partial charge in [-0.15, -0.1) is 0 Å². The predicted octanol–water partition coefficient (Wildman–Crippen LogP) is 4.19. The quantitative estimate of drug-likeness (QED) is 0.555. The molecule has 17 heavy (non-hydrogen) atoms. The average Bonchev–Trinajstić information content (AvgIpc) is 2.12. The molecule has 8 heteroatoms. The van der Waals surface area contributed by atoms with Crippen molar-refractivity contribution >= 4 is 17.9 Å². The minimum Gasteiger partial charge on any atom is -0.298 e. The fourth-order valence-corrected chi connectivity index (χ4v) is 1.49. The second-order valence-electron chi connectivity index (χ2n) is 3.03. The topological polar surface area (TPSA) is 17.1 Å². The Balaban J connectivity index is 3.68. The van der Waals surface area contributed by atoms with E-state index in [1.54, 1.807) is 0 Å². The van der Waals surface area contributed by atoms with E-state index >= 15 is 0 Å². The van der Waals surface area contributed by atoms with E-state index in [1.807, 2.05) is 0 Å². The van der Waals surface area contributed by atoms with E-state index in [0.717, 1.165) is 0 Å². The van der Waals surface area contributed by atoms with E-state index in [0.29, 0.717) is 6.07 Å². The zero-order chi connectivity index (χ0) is 13.4. The SMILES string of the molecule is O=Cc1cc(Cl)cc(C(F)(F)F)c1C(F)(F)F. The van der Waals surface area contributed by atoms with E-state index in [4.69, 9.17) is 11.6 Å². The molecule has 1 aromatic carbocycles. The molecule has 1 rings (SSSR count). The Labute approximate surface area is 96.0 Å². The van der Waals surface area contributed by atoms with Crippen LogP contribution in [0.5, 0.6) is 0 Å². The van der Waals surface area contributed by atoms with Crippen LogP contribution in [0.2, 0.25) is 5.02 Å². The van der Waals surface area contributed by atoms with Crippen LogP contribution in [0.3, 0.4) is 0 Å². The molecule has 0 fully saturated rings. The van der Waals surface area contributed by atoms with Gasteiger partial charge in [0.05, 0.1) is 11.1 Å². The molecule has 0 amide bonds. The third kappa shape index (κ3) is 2.91. The standard InChI is InChI=1S/C9H3ClF6O/c10-5-1-4(3-17)7(9(14,15)16)6(2-5)8(11,12)13/h1-3H. The number of benzene rings is 1. The highest BCUT2D eigenvalue weighted by molar-refractivity contribution is 6.31. The Morgan fingerprint density at radius 1 is 1.00 bits per heavy atom. The molecule has 0 heterocycles. The first-order chi connectivity index (χ1) is 7.57. The molecule has 0 atom stereocenters. The lowest BCUT2D eigenvalue weighted by Gasteiger charge is -2.17. The zero-order valence-corrected chi connectivity index (χ0v) is 8.54. The number of halogens is 7. The highest BCUT2D eigenvalue weighted by atomic mass is 35.5. The summed E-state index contributed by atoms with van der Waals surface area (Å²) in [7, 11) is 0. The molecule has 0 aromatic heterocycles. The van der Waals surface area contributed by atoms with Crippen LogP contribution in [-0.2, 0) is 12.4 Å².